The van der Waals surface area contributed by atoms with Crippen LogP contribution < -0.4 is 5.32 Å². The third-order valence-electron chi connectivity index (χ3n) is 3.29. The zero-order valence-corrected chi connectivity index (χ0v) is 13.2. The highest BCUT2D eigenvalue weighted by Crippen LogP contribution is 2.23. The van der Waals surface area contributed by atoms with Gasteiger partial charge in [-0.15, -0.1) is 0 Å². The molecular formula is C16H18FN3O3. The number of aromatic nitrogens is 2. The quantitative estimate of drug-likeness (QED) is 0.856. The maximum Gasteiger partial charge on any atom is 0.325 e. The van der Waals surface area contributed by atoms with Crippen LogP contribution in [0.25, 0.3) is 5.69 Å². The summed E-state index contributed by atoms with van der Waals surface area (Å²) in [6.07, 6.45) is 1.44. The molecule has 0 fully saturated rings. The van der Waals surface area contributed by atoms with E-state index in [1.807, 2.05) is 13.8 Å². The van der Waals surface area contributed by atoms with Crippen LogP contribution in [0.5, 0.6) is 0 Å². The van der Waals surface area contributed by atoms with Crippen LogP contribution in [-0.4, -0.2) is 35.3 Å². The zero-order chi connectivity index (χ0) is 17.0. The third kappa shape index (κ3) is 3.74. The predicted molar refractivity (Wildman–Crippen MR) is 82.0 cm³/mol. The fraction of sp³-hybridized carbons (Fsp3) is 0.312. The van der Waals surface area contributed by atoms with Gasteiger partial charge in [-0.05, 0) is 30.2 Å². The average Bonchev–Trinajstić information content (AvgIpc) is 2.98. The first-order valence-corrected chi connectivity index (χ1v) is 7.13. The Labute approximate surface area is 133 Å². The lowest BCUT2D eigenvalue weighted by Crippen LogP contribution is -2.30. The van der Waals surface area contributed by atoms with Crippen molar-refractivity contribution in [2.24, 2.45) is 0 Å². The van der Waals surface area contributed by atoms with Crippen molar-refractivity contribution in [1.82, 2.24) is 15.1 Å². The van der Waals surface area contributed by atoms with Gasteiger partial charge >= 0.3 is 5.97 Å². The van der Waals surface area contributed by atoms with Crippen molar-refractivity contribution in [2.75, 3.05) is 13.7 Å². The molecule has 2 rings (SSSR count). The number of carbonyl (C=O) groups is 2. The van der Waals surface area contributed by atoms with Crippen LogP contribution in [-0.2, 0) is 9.53 Å². The number of halogens is 1. The standard InChI is InChI=1S/C16H18FN3O3/c1-10(2)15-13(16(22)18-9-14(21)23-3)8-19-20(15)12-6-4-11(17)5-7-12/h4-8,10H,9H2,1-3H3,(H,18,22). The maximum absolute atomic E-state index is 13.1. The highest BCUT2D eigenvalue weighted by Gasteiger charge is 2.21. The number of carbonyl (C=O) groups excluding carboxylic acids is 2. The van der Waals surface area contributed by atoms with Crippen LogP contribution in [0.4, 0.5) is 4.39 Å². The van der Waals surface area contributed by atoms with Gasteiger partial charge < -0.3 is 10.1 Å². The van der Waals surface area contributed by atoms with E-state index in [1.54, 1.807) is 16.8 Å². The summed E-state index contributed by atoms with van der Waals surface area (Å²) in [5.74, 6) is -1.28. The SMILES string of the molecule is COC(=O)CNC(=O)c1cnn(-c2ccc(F)cc2)c1C(C)C. The molecule has 1 aromatic carbocycles. The molecule has 0 unspecified atom stereocenters. The van der Waals surface area contributed by atoms with Crippen LogP contribution in [0.15, 0.2) is 30.5 Å². The van der Waals surface area contributed by atoms with Crippen LogP contribution >= 0.6 is 0 Å². The Bertz CT molecular complexity index is 708. The van der Waals surface area contributed by atoms with E-state index in [9.17, 15) is 14.0 Å². The number of hydrogen-bond acceptors (Lipinski definition) is 4. The molecule has 23 heavy (non-hydrogen) atoms. The number of benzene rings is 1. The summed E-state index contributed by atoms with van der Waals surface area (Å²) in [6, 6.07) is 5.84. The minimum absolute atomic E-state index is 0.00132. The van der Waals surface area contributed by atoms with E-state index in [0.29, 0.717) is 16.9 Å². The fourth-order valence-electron chi connectivity index (χ4n) is 2.20. The number of hydrogen-bond donors (Lipinski definition) is 1. The molecule has 7 heteroatoms. The summed E-state index contributed by atoms with van der Waals surface area (Å²) < 4.78 is 19.2. The van der Waals surface area contributed by atoms with E-state index in [2.05, 4.69) is 15.2 Å². The van der Waals surface area contributed by atoms with Gasteiger partial charge in [-0.25, -0.2) is 9.07 Å². The Morgan fingerprint density at radius 3 is 2.52 bits per heavy atom. The molecule has 122 valence electrons. The smallest absolute Gasteiger partial charge is 0.325 e. The molecule has 0 bridgehead atoms. The predicted octanol–water partition coefficient (Wildman–Crippen LogP) is 2.04. The first kappa shape index (κ1) is 16.7. The second-order valence-electron chi connectivity index (χ2n) is 5.25. The number of rotatable bonds is 5. The molecule has 0 aliphatic rings. The first-order chi connectivity index (χ1) is 10.9. The minimum Gasteiger partial charge on any atom is -0.468 e. The Balaban J connectivity index is 2.33. The molecule has 1 amide bonds. The summed E-state index contributed by atoms with van der Waals surface area (Å²) in [5.41, 5.74) is 1.70. The molecule has 0 saturated heterocycles. The molecule has 0 spiro atoms. The van der Waals surface area contributed by atoms with Gasteiger partial charge in [0.2, 0.25) is 0 Å². The van der Waals surface area contributed by atoms with E-state index in [4.69, 9.17) is 0 Å². The van der Waals surface area contributed by atoms with E-state index < -0.39 is 11.9 Å². The molecule has 0 radical (unpaired) electrons. The zero-order valence-electron chi connectivity index (χ0n) is 13.2. The number of nitrogens with zero attached hydrogens (tertiary/aromatic N) is 2. The van der Waals surface area contributed by atoms with Crippen molar-refractivity contribution < 1.29 is 18.7 Å². The largest absolute Gasteiger partial charge is 0.468 e. The summed E-state index contributed by atoms with van der Waals surface area (Å²) in [4.78, 5) is 23.4. The first-order valence-electron chi connectivity index (χ1n) is 7.13. The van der Waals surface area contributed by atoms with Gasteiger partial charge in [0.15, 0.2) is 0 Å². The minimum atomic E-state index is -0.532. The Morgan fingerprint density at radius 2 is 1.96 bits per heavy atom. The monoisotopic (exact) mass is 319 g/mol. The second kappa shape index (κ2) is 7.04. The highest BCUT2D eigenvalue weighted by atomic mass is 19.1. The van der Waals surface area contributed by atoms with Crippen molar-refractivity contribution in [3.8, 4) is 5.69 Å². The average molecular weight is 319 g/mol. The van der Waals surface area contributed by atoms with Gasteiger partial charge in [0.05, 0.1) is 30.3 Å². The lowest BCUT2D eigenvalue weighted by molar-refractivity contribution is -0.139. The molecule has 1 N–H and O–H groups in total. The Kier molecular flexibility index (Phi) is 5.10. The molecule has 0 saturated carbocycles. The van der Waals surface area contributed by atoms with Crippen molar-refractivity contribution in [1.29, 1.82) is 0 Å². The molecule has 0 aliphatic carbocycles. The molecule has 6 nitrogen and oxygen atoms in total. The van der Waals surface area contributed by atoms with Crippen LogP contribution in [0.1, 0.15) is 35.8 Å². The second-order valence-corrected chi connectivity index (χ2v) is 5.25. The van der Waals surface area contributed by atoms with Gasteiger partial charge in [0.1, 0.15) is 12.4 Å². The molecular weight excluding hydrogens is 301 g/mol. The molecule has 1 heterocycles. The fourth-order valence-corrected chi connectivity index (χ4v) is 2.20. The number of amides is 1. The van der Waals surface area contributed by atoms with Crippen molar-refractivity contribution in [3.63, 3.8) is 0 Å². The molecule has 0 aliphatic heterocycles. The number of ether oxygens (including phenoxy) is 1. The van der Waals surface area contributed by atoms with Gasteiger partial charge in [0, 0.05) is 0 Å². The van der Waals surface area contributed by atoms with Gasteiger partial charge in [0.25, 0.3) is 5.91 Å². The Morgan fingerprint density at radius 1 is 1.30 bits per heavy atom. The Hall–Kier alpha value is -2.70. The van der Waals surface area contributed by atoms with Crippen LogP contribution in [0.3, 0.4) is 0 Å². The van der Waals surface area contributed by atoms with Crippen LogP contribution in [0, 0.1) is 5.82 Å². The molecule has 2 aromatic rings. The van der Waals surface area contributed by atoms with E-state index in [1.165, 1.54) is 25.4 Å². The van der Waals surface area contributed by atoms with E-state index >= 15 is 0 Å². The van der Waals surface area contributed by atoms with Crippen molar-refractivity contribution in [3.05, 3.63) is 47.5 Å². The van der Waals surface area contributed by atoms with Gasteiger partial charge in [-0.1, -0.05) is 13.8 Å². The van der Waals surface area contributed by atoms with Crippen molar-refractivity contribution >= 4 is 11.9 Å². The lowest BCUT2D eigenvalue weighted by atomic mass is 10.1. The topological polar surface area (TPSA) is 73.2 Å². The lowest BCUT2D eigenvalue weighted by Gasteiger charge is -2.12. The van der Waals surface area contributed by atoms with Crippen LogP contribution in [0.2, 0.25) is 0 Å². The van der Waals surface area contributed by atoms with E-state index in [0.717, 1.165) is 0 Å². The van der Waals surface area contributed by atoms with Crippen molar-refractivity contribution in [2.45, 2.75) is 19.8 Å². The number of nitrogens with one attached hydrogen (secondary N) is 1. The summed E-state index contributed by atoms with van der Waals surface area (Å²) in [6.45, 7) is 3.64. The number of methoxy groups -OCH3 is 1. The normalized spacial score (nSPS) is 10.7. The summed E-state index contributed by atoms with van der Waals surface area (Å²) >= 11 is 0. The van der Waals surface area contributed by atoms with Gasteiger partial charge in [-0.3, -0.25) is 9.59 Å². The maximum atomic E-state index is 13.1. The number of esters is 1. The third-order valence-corrected chi connectivity index (χ3v) is 3.29. The molecule has 1 aromatic heterocycles. The molecule has 0 atom stereocenters. The summed E-state index contributed by atoms with van der Waals surface area (Å²) in [5, 5.41) is 6.71. The summed E-state index contributed by atoms with van der Waals surface area (Å²) in [7, 11) is 1.25. The van der Waals surface area contributed by atoms with Gasteiger partial charge in [-0.2, -0.15) is 5.10 Å². The highest BCUT2D eigenvalue weighted by molar-refractivity contribution is 5.97. The van der Waals surface area contributed by atoms with E-state index in [-0.39, 0.29) is 18.3 Å².